The molecule has 0 atom stereocenters. The van der Waals surface area contributed by atoms with Gasteiger partial charge in [0.05, 0.1) is 0 Å². The Morgan fingerprint density at radius 1 is 1.31 bits per heavy atom. The van der Waals surface area contributed by atoms with Gasteiger partial charge in [-0.25, -0.2) is 0 Å². The van der Waals surface area contributed by atoms with E-state index in [1.165, 1.54) is 4.57 Å². The second kappa shape index (κ2) is 4.12. The molecule has 16 heavy (non-hydrogen) atoms. The van der Waals surface area contributed by atoms with Crippen molar-refractivity contribution in [2.24, 2.45) is 5.41 Å². The molecule has 5 nitrogen and oxygen atoms in total. The van der Waals surface area contributed by atoms with Crippen molar-refractivity contribution < 1.29 is 12.3 Å². The van der Waals surface area contributed by atoms with Crippen molar-refractivity contribution in [3.05, 3.63) is 5.82 Å². The molecule has 0 bridgehead atoms. The van der Waals surface area contributed by atoms with Crippen LogP contribution in [-0.2, 0) is 23.2 Å². The highest BCUT2D eigenvalue weighted by atomic mass is 32.3. The fraction of sp³-hybridized carbons (Fsp3) is 0.778. The predicted molar refractivity (Wildman–Crippen MR) is 57.1 cm³/mol. The maximum absolute atomic E-state index is 12.9. The van der Waals surface area contributed by atoms with E-state index in [2.05, 4.69) is 10.2 Å². The van der Waals surface area contributed by atoms with Crippen LogP contribution in [0.1, 0.15) is 33.5 Å². The Morgan fingerprint density at radius 3 is 2.25 bits per heavy atom. The molecule has 0 aliphatic rings. The van der Waals surface area contributed by atoms with Crippen LogP contribution in [0.3, 0.4) is 0 Å². The third-order valence-electron chi connectivity index (χ3n) is 2.02. The molecule has 7 heteroatoms. The van der Waals surface area contributed by atoms with Gasteiger partial charge in [-0.2, -0.15) is 8.42 Å². The monoisotopic (exact) mass is 249 g/mol. The van der Waals surface area contributed by atoms with E-state index in [1.807, 2.05) is 20.8 Å². The first kappa shape index (κ1) is 13.1. The van der Waals surface area contributed by atoms with Crippen molar-refractivity contribution in [2.45, 2.75) is 45.8 Å². The second-order valence-corrected chi connectivity index (χ2v) is 6.06. The quantitative estimate of drug-likeness (QED) is 0.762. The van der Waals surface area contributed by atoms with E-state index in [-0.39, 0.29) is 5.41 Å². The molecular formula is C9H16FN3O2S. The molecule has 1 aromatic heterocycles. The van der Waals surface area contributed by atoms with Crippen LogP contribution in [0.25, 0.3) is 0 Å². The van der Waals surface area contributed by atoms with Crippen molar-refractivity contribution in [3.8, 4) is 0 Å². The minimum absolute atomic E-state index is 0.0582. The first-order valence-corrected chi connectivity index (χ1v) is 6.40. The van der Waals surface area contributed by atoms with E-state index >= 15 is 0 Å². The lowest BCUT2D eigenvalue weighted by molar-refractivity contribution is 0.389. The van der Waals surface area contributed by atoms with Gasteiger partial charge in [0.15, 0.2) is 0 Å². The molecule has 0 saturated heterocycles. The topological polar surface area (TPSA) is 64.8 Å². The predicted octanol–water partition coefficient (Wildman–Crippen LogP) is 1.54. The summed E-state index contributed by atoms with van der Waals surface area (Å²) in [4.78, 5) is 0. The van der Waals surface area contributed by atoms with Crippen LogP contribution >= 0.6 is 0 Å². The van der Waals surface area contributed by atoms with Gasteiger partial charge >= 0.3 is 10.2 Å². The smallest absolute Gasteiger partial charge is 0.300 e. The van der Waals surface area contributed by atoms with Gasteiger partial charge in [-0.15, -0.1) is 10.2 Å². The summed E-state index contributed by atoms with van der Waals surface area (Å²) in [5.41, 5.74) is -0.0582. The summed E-state index contributed by atoms with van der Waals surface area (Å²) in [7, 11) is -4.79. The number of rotatable bonds is 3. The summed E-state index contributed by atoms with van der Waals surface area (Å²) in [6.07, 6.45) is 0.545. The van der Waals surface area contributed by atoms with Crippen LogP contribution in [0.2, 0.25) is 0 Å². The van der Waals surface area contributed by atoms with Gasteiger partial charge in [0.2, 0.25) is 0 Å². The lowest BCUT2D eigenvalue weighted by atomic mass is 9.92. The molecule has 0 aromatic carbocycles. The first-order chi connectivity index (χ1) is 7.15. The largest absolute Gasteiger partial charge is 0.368 e. The zero-order chi connectivity index (χ0) is 12.6. The number of hydrogen-bond donors (Lipinski definition) is 0. The normalized spacial score (nSPS) is 13.1. The maximum Gasteiger partial charge on any atom is 0.368 e. The summed E-state index contributed by atoms with van der Waals surface area (Å²) >= 11 is 0. The second-order valence-electron chi connectivity index (χ2n) is 4.82. The maximum atomic E-state index is 12.9. The molecule has 0 saturated carbocycles. The lowest BCUT2D eigenvalue weighted by Gasteiger charge is -2.17. The van der Waals surface area contributed by atoms with Crippen LogP contribution in [0.4, 0.5) is 3.89 Å². The zero-order valence-electron chi connectivity index (χ0n) is 9.86. The standard InChI is InChI=1S/C9H16FN3O2S/c1-5-13-7(6-9(2,3)4)11-12-8(13)16(10,14)15/h5-6H2,1-4H3. The summed E-state index contributed by atoms with van der Waals surface area (Å²) in [5.74, 6) is 0.492. The van der Waals surface area contributed by atoms with Gasteiger partial charge in [0.1, 0.15) is 5.82 Å². The third-order valence-corrected chi connectivity index (χ3v) is 2.75. The Labute approximate surface area is 94.9 Å². The highest BCUT2D eigenvalue weighted by Crippen LogP contribution is 2.21. The van der Waals surface area contributed by atoms with Crippen LogP contribution in [0.5, 0.6) is 0 Å². The van der Waals surface area contributed by atoms with Crippen LogP contribution in [0, 0.1) is 5.41 Å². The fourth-order valence-corrected chi connectivity index (χ4v) is 2.06. The lowest BCUT2D eigenvalue weighted by Crippen LogP contribution is -2.15. The van der Waals surface area contributed by atoms with Crippen LogP contribution < -0.4 is 0 Å². The average molecular weight is 249 g/mol. The molecular weight excluding hydrogens is 233 g/mol. The van der Waals surface area contributed by atoms with E-state index in [9.17, 15) is 12.3 Å². The summed E-state index contributed by atoms with van der Waals surface area (Å²) in [5, 5.41) is 6.52. The van der Waals surface area contributed by atoms with Crippen molar-refractivity contribution in [1.29, 1.82) is 0 Å². The molecule has 0 fully saturated rings. The number of nitrogens with zero attached hydrogens (tertiary/aromatic N) is 3. The molecule has 1 rings (SSSR count). The minimum Gasteiger partial charge on any atom is -0.300 e. The summed E-state index contributed by atoms with van der Waals surface area (Å²) in [6, 6.07) is 0. The SMILES string of the molecule is CCn1c(CC(C)(C)C)nnc1S(=O)(=O)F. The van der Waals surface area contributed by atoms with E-state index in [0.717, 1.165) is 0 Å². The first-order valence-electron chi connectivity index (χ1n) is 5.02. The van der Waals surface area contributed by atoms with Crippen LogP contribution in [0.15, 0.2) is 5.16 Å². The van der Waals surface area contributed by atoms with Crippen LogP contribution in [-0.4, -0.2) is 23.2 Å². The Kier molecular flexibility index (Phi) is 3.37. The van der Waals surface area contributed by atoms with Crippen molar-refractivity contribution in [2.75, 3.05) is 0 Å². The van der Waals surface area contributed by atoms with Crippen molar-refractivity contribution in [3.63, 3.8) is 0 Å². The molecule has 0 N–H and O–H groups in total. The summed E-state index contributed by atoms with van der Waals surface area (Å²) < 4.78 is 35.8. The summed E-state index contributed by atoms with van der Waals surface area (Å²) in [6.45, 7) is 8.03. The average Bonchev–Trinajstić information content (AvgIpc) is 2.43. The van der Waals surface area contributed by atoms with E-state index < -0.39 is 15.4 Å². The van der Waals surface area contributed by atoms with Crippen molar-refractivity contribution >= 4 is 10.2 Å². The third kappa shape index (κ3) is 3.01. The van der Waals surface area contributed by atoms with Gasteiger partial charge in [-0.1, -0.05) is 24.7 Å². The molecule has 92 valence electrons. The number of halogens is 1. The minimum atomic E-state index is -4.79. The van der Waals surface area contributed by atoms with Gasteiger partial charge in [-0.05, 0) is 12.3 Å². The van der Waals surface area contributed by atoms with Gasteiger partial charge in [0.25, 0.3) is 5.16 Å². The van der Waals surface area contributed by atoms with Gasteiger partial charge in [0, 0.05) is 13.0 Å². The number of hydrogen-bond acceptors (Lipinski definition) is 4. The Morgan fingerprint density at radius 2 is 1.88 bits per heavy atom. The Hall–Kier alpha value is -0.980. The molecule has 0 radical (unpaired) electrons. The molecule has 0 unspecified atom stereocenters. The molecule has 0 spiro atoms. The van der Waals surface area contributed by atoms with Gasteiger partial charge < -0.3 is 0 Å². The Balaban J connectivity index is 3.20. The van der Waals surface area contributed by atoms with Gasteiger partial charge in [-0.3, -0.25) is 4.57 Å². The molecule has 1 aromatic rings. The Bertz CT molecular complexity index is 473. The zero-order valence-corrected chi connectivity index (χ0v) is 10.7. The van der Waals surface area contributed by atoms with E-state index in [4.69, 9.17) is 0 Å². The van der Waals surface area contributed by atoms with E-state index in [0.29, 0.717) is 18.8 Å². The molecule has 0 amide bonds. The molecule has 0 aliphatic heterocycles. The highest BCUT2D eigenvalue weighted by molar-refractivity contribution is 7.86. The van der Waals surface area contributed by atoms with Crippen molar-refractivity contribution in [1.82, 2.24) is 14.8 Å². The molecule has 0 aliphatic carbocycles. The highest BCUT2D eigenvalue weighted by Gasteiger charge is 2.25. The fourth-order valence-electron chi connectivity index (χ4n) is 1.42. The molecule has 1 heterocycles. The van der Waals surface area contributed by atoms with E-state index in [1.54, 1.807) is 6.92 Å². The number of aromatic nitrogens is 3.